The standard InChI is InChI=1S/C18H16F3N5/c1-12(2)13-3-7-15(8-4-13)23-25-17(11-22)26-24-16-9-5-14(6-10-16)18(19,20)21/h3-10,12,23H,1-2H3. The first-order valence-electron chi connectivity index (χ1n) is 7.72. The fraction of sp³-hybridized carbons (Fsp3) is 0.222. The lowest BCUT2D eigenvalue weighted by atomic mass is 10.0. The molecule has 2 rings (SSSR count). The van der Waals surface area contributed by atoms with Crippen molar-refractivity contribution in [1.82, 2.24) is 0 Å². The molecular weight excluding hydrogens is 343 g/mol. The highest BCUT2D eigenvalue weighted by Crippen LogP contribution is 2.30. The second kappa shape index (κ2) is 8.25. The van der Waals surface area contributed by atoms with Gasteiger partial charge in [-0.1, -0.05) is 26.0 Å². The highest BCUT2D eigenvalue weighted by molar-refractivity contribution is 5.97. The van der Waals surface area contributed by atoms with Crippen molar-refractivity contribution in [3.05, 3.63) is 59.7 Å². The van der Waals surface area contributed by atoms with Crippen molar-refractivity contribution in [1.29, 1.82) is 5.26 Å². The molecule has 1 N–H and O–H groups in total. The van der Waals surface area contributed by atoms with Crippen LogP contribution in [0.15, 0.2) is 63.9 Å². The van der Waals surface area contributed by atoms with Crippen molar-refractivity contribution < 1.29 is 13.2 Å². The summed E-state index contributed by atoms with van der Waals surface area (Å²) in [5, 5.41) is 20.2. The van der Waals surface area contributed by atoms with Crippen LogP contribution >= 0.6 is 0 Å². The molecule has 0 aliphatic rings. The molecule has 0 spiro atoms. The molecule has 0 aliphatic heterocycles. The van der Waals surface area contributed by atoms with E-state index in [2.05, 4.69) is 34.6 Å². The van der Waals surface area contributed by atoms with Gasteiger partial charge in [0, 0.05) is 0 Å². The van der Waals surface area contributed by atoms with Crippen molar-refractivity contribution in [2.75, 3.05) is 5.43 Å². The summed E-state index contributed by atoms with van der Waals surface area (Å²) >= 11 is 0. The zero-order valence-corrected chi connectivity index (χ0v) is 14.1. The van der Waals surface area contributed by atoms with Crippen molar-refractivity contribution in [3.8, 4) is 6.07 Å². The predicted octanol–water partition coefficient (Wildman–Crippen LogP) is 5.86. The highest BCUT2D eigenvalue weighted by Gasteiger charge is 2.29. The van der Waals surface area contributed by atoms with Crippen LogP contribution in [-0.2, 0) is 6.18 Å². The molecule has 26 heavy (non-hydrogen) atoms. The molecule has 0 aliphatic carbocycles. The van der Waals surface area contributed by atoms with Gasteiger partial charge in [-0.15, -0.1) is 15.3 Å². The van der Waals surface area contributed by atoms with E-state index < -0.39 is 11.7 Å². The Morgan fingerprint density at radius 2 is 1.65 bits per heavy atom. The zero-order valence-electron chi connectivity index (χ0n) is 14.1. The lowest BCUT2D eigenvalue weighted by molar-refractivity contribution is -0.137. The van der Waals surface area contributed by atoms with Crippen LogP contribution in [0.2, 0.25) is 0 Å². The quantitative estimate of drug-likeness (QED) is 0.321. The van der Waals surface area contributed by atoms with E-state index in [4.69, 9.17) is 5.26 Å². The average Bonchev–Trinajstić information content (AvgIpc) is 2.62. The van der Waals surface area contributed by atoms with Crippen LogP contribution in [0.1, 0.15) is 30.9 Å². The maximum Gasteiger partial charge on any atom is 0.416 e. The van der Waals surface area contributed by atoms with Crippen LogP contribution in [0, 0.1) is 11.3 Å². The Kier molecular flexibility index (Phi) is 6.07. The summed E-state index contributed by atoms with van der Waals surface area (Å²) in [6, 6.07) is 13.4. The number of hydrogen-bond donors (Lipinski definition) is 1. The van der Waals surface area contributed by atoms with Gasteiger partial charge in [0.25, 0.3) is 5.84 Å². The second-order valence-electron chi connectivity index (χ2n) is 5.68. The van der Waals surface area contributed by atoms with Gasteiger partial charge >= 0.3 is 6.18 Å². The molecule has 0 saturated carbocycles. The normalized spacial score (nSPS) is 12.4. The number of hydrogen-bond acceptors (Lipinski definition) is 4. The number of rotatable bonds is 4. The Morgan fingerprint density at radius 3 is 2.15 bits per heavy atom. The first-order valence-corrected chi connectivity index (χ1v) is 7.72. The summed E-state index contributed by atoms with van der Waals surface area (Å²) in [6.45, 7) is 4.16. The van der Waals surface area contributed by atoms with Crippen LogP contribution in [0.5, 0.6) is 0 Å². The van der Waals surface area contributed by atoms with Gasteiger partial charge < -0.3 is 0 Å². The minimum absolute atomic E-state index is 0.183. The third-order valence-corrected chi connectivity index (χ3v) is 3.42. The monoisotopic (exact) mass is 359 g/mol. The molecule has 0 aromatic heterocycles. The van der Waals surface area contributed by atoms with Gasteiger partial charge in [0.1, 0.15) is 6.07 Å². The number of halogens is 3. The SMILES string of the molecule is CC(C)c1ccc(NN=C(C#N)N=Nc2ccc(C(F)(F)F)cc2)cc1. The second-order valence-corrected chi connectivity index (χ2v) is 5.68. The lowest BCUT2D eigenvalue weighted by Gasteiger charge is -2.06. The molecule has 8 heteroatoms. The largest absolute Gasteiger partial charge is 0.416 e. The fourth-order valence-electron chi connectivity index (χ4n) is 1.95. The minimum Gasteiger partial charge on any atom is -0.276 e. The molecule has 2 aromatic rings. The Morgan fingerprint density at radius 1 is 1.04 bits per heavy atom. The van der Waals surface area contributed by atoms with Crippen LogP contribution in [0.3, 0.4) is 0 Å². The van der Waals surface area contributed by atoms with Crippen molar-refractivity contribution in [2.24, 2.45) is 15.3 Å². The van der Waals surface area contributed by atoms with Crippen LogP contribution in [0.25, 0.3) is 0 Å². The number of benzene rings is 2. The number of nitrogens with one attached hydrogen (secondary N) is 1. The van der Waals surface area contributed by atoms with E-state index in [0.717, 1.165) is 12.1 Å². The number of amidine groups is 1. The summed E-state index contributed by atoms with van der Waals surface area (Å²) in [6.07, 6.45) is -4.41. The maximum absolute atomic E-state index is 12.5. The maximum atomic E-state index is 12.5. The first kappa shape index (κ1) is 19.1. The molecule has 0 atom stereocenters. The predicted molar refractivity (Wildman–Crippen MR) is 93.2 cm³/mol. The first-order chi connectivity index (χ1) is 12.3. The fourth-order valence-corrected chi connectivity index (χ4v) is 1.95. The van der Waals surface area contributed by atoms with Crippen molar-refractivity contribution in [3.63, 3.8) is 0 Å². The summed E-state index contributed by atoms with van der Waals surface area (Å²) in [7, 11) is 0. The summed E-state index contributed by atoms with van der Waals surface area (Å²) in [4.78, 5) is 0. The molecular formula is C18H16F3N5. The summed E-state index contributed by atoms with van der Waals surface area (Å²) in [5.41, 5.74) is 3.93. The van der Waals surface area contributed by atoms with Gasteiger partial charge in [0.2, 0.25) is 0 Å². The van der Waals surface area contributed by atoms with Crippen molar-refractivity contribution in [2.45, 2.75) is 25.9 Å². The van der Waals surface area contributed by atoms with E-state index in [0.29, 0.717) is 11.6 Å². The molecule has 0 fully saturated rings. The number of anilines is 1. The number of nitrogens with zero attached hydrogens (tertiary/aromatic N) is 4. The number of hydrazone groups is 1. The van der Waals surface area contributed by atoms with Crippen LogP contribution < -0.4 is 5.43 Å². The highest BCUT2D eigenvalue weighted by atomic mass is 19.4. The third-order valence-electron chi connectivity index (χ3n) is 3.42. The topological polar surface area (TPSA) is 72.9 Å². The van der Waals surface area contributed by atoms with E-state index in [1.54, 1.807) is 6.07 Å². The van der Waals surface area contributed by atoms with Gasteiger partial charge in [-0.05, 0) is 47.9 Å². The van der Waals surface area contributed by atoms with Gasteiger partial charge in [0.05, 0.1) is 16.9 Å². The van der Waals surface area contributed by atoms with E-state index >= 15 is 0 Å². The van der Waals surface area contributed by atoms with Crippen molar-refractivity contribution >= 4 is 17.2 Å². The van der Waals surface area contributed by atoms with Crippen LogP contribution in [-0.4, -0.2) is 5.84 Å². The van der Waals surface area contributed by atoms with Gasteiger partial charge in [0.15, 0.2) is 0 Å². The lowest BCUT2D eigenvalue weighted by Crippen LogP contribution is -2.03. The number of alkyl halides is 3. The molecule has 0 saturated heterocycles. The molecule has 0 radical (unpaired) electrons. The summed E-state index contributed by atoms with van der Waals surface area (Å²) in [5.74, 6) is 0.151. The third kappa shape index (κ3) is 5.41. The Hall–Kier alpha value is -3.21. The molecule has 0 heterocycles. The zero-order chi connectivity index (χ0) is 19.2. The molecule has 134 valence electrons. The smallest absolute Gasteiger partial charge is 0.276 e. The molecule has 0 bridgehead atoms. The Balaban J connectivity index is 2.05. The Labute approximate surface area is 148 Å². The number of azo groups is 1. The minimum atomic E-state index is -4.41. The van der Waals surface area contributed by atoms with Gasteiger partial charge in [-0.25, -0.2) is 0 Å². The molecule has 2 aromatic carbocycles. The van der Waals surface area contributed by atoms with Gasteiger partial charge in [-0.2, -0.15) is 18.4 Å². The molecule has 5 nitrogen and oxygen atoms in total. The van der Waals surface area contributed by atoms with Crippen LogP contribution in [0.4, 0.5) is 24.5 Å². The average molecular weight is 359 g/mol. The van der Waals surface area contributed by atoms with E-state index in [9.17, 15) is 13.2 Å². The number of nitriles is 1. The van der Waals surface area contributed by atoms with E-state index in [1.165, 1.54) is 17.7 Å². The van der Waals surface area contributed by atoms with E-state index in [1.807, 2.05) is 24.3 Å². The van der Waals surface area contributed by atoms with Gasteiger partial charge in [-0.3, -0.25) is 5.43 Å². The Bertz CT molecular complexity index is 829. The summed E-state index contributed by atoms with van der Waals surface area (Å²) < 4.78 is 37.5. The van der Waals surface area contributed by atoms with E-state index in [-0.39, 0.29) is 11.5 Å². The molecule has 0 unspecified atom stereocenters. The molecule has 0 amide bonds.